The van der Waals surface area contributed by atoms with Gasteiger partial charge < -0.3 is 24.8 Å². The van der Waals surface area contributed by atoms with Crippen LogP contribution in [0.3, 0.4) is 0 Å². The molecule has 0 aliphatic heterocycles. The van der Waals surface area contributed by atoms with Crippen LogP contribution in [0.5, 0.6) is 0 Å². The zero-order chi connectivity index (χ0) is 18.4. The first-order valence-electron chi connectivity index (χ1n) is 7.65. The molecular weight excluding hydrogens is 304 g/mol. The average molecular weight is 332 g/mol. The molecule has 0 unspecified atom stereocenters. The average Bonchev–Trinajstić information content (AvgIpc) is 3.05. The molecule has 1 heterocycles. The molecule has 0 aromatic carbocycles. The summed E-state index contributed by atoms with van der Waals surface area (Å²) in [5, 5.41) is 33.9. The second-order valence-corrected chi connectivity index (χ2v) is 4.71. The number of hydrogen-bond donors (Lipinski definition) is 4. The molecule has 0 fully saturated rings. The van der Waals surface area contributed by atoms with Crippen molar-refractivity contribution < 1.29 is 34.4 Å². The lowest BCUT2D eigenvalue weighted by molar-refractivity contribution is 0.0631. The number of rotatable bonds is 6. The molecule has 0 atom stereocenters. The Kier molecular flexibility index (Phi) is 14.0. The third-order valence-electron chi connectivity index (χ3n) is 2.91. The fourth-order valence-corrected chi connectivity index (χ4v) is 1.15. The van der Waals surface area contributed by atoms with Gasteiger partial charge in [-0.05, 0) is 37.8 Å². The highest BCUT2D eigenvalue weighted by Gasteiger charge is 2.12. The normalized spacial score (nSPS) is 9.74. The van der Waals surface area contributed by atoms with E-state index < -0.39 is 11.9 Å². The van der Waals surface area contributed by atoms with E-state index in [1.807, 2.05) is 27.7 Å². The first-order chi connectivity index (χ1) is 10.7. The fourth-order valence-electron chi connectivity index (χ4n) is 1.15. The Labute approximate surface area is 136 Å². The van der Waals surface area contributed by atoms with Gasteiger partial charge in [-0.3, -0.25) is 0 Å². The van der Waals surface area contributed by atoms with E-state index in [-0.39, 0.29) is 23.7 Å². The summed E-state index contributed by atoms with van der Waals surface area (Å²) >= 11 is 0. The maximum absolute atomic E-state index is 10.2. The molecule has 0 saturated carbocycles. The molecule has 134 valence electrons. The predicted molar refractivity (Wildman–Crippen MR) is 85.8 cm³/mol. The van der Waals surface area contributed by atoms with Crippen LogP contribution in [0.4, 0.5) is 0 Å². The van der Waals surface area contributed by atoms with Crippen molar-refractivity contribution in [2.24, 2.45) is 0 Å². The Hall–Kier alpha value is -1.86. The fraction of sp³-hybridized carbons (Fsp3) is 0.625. The van der Waals surface area contributed by atoms with Crippen LogP contribution in [0.25, 0.3) is 0 Å². The zero-order valence-corrected chi connectivity index (χ0v) is 14.2. The summed E-state index contributed by atoms with van der Waals surface area (Å²) in [5.41, 5.74) is 0. The van der Waals surface area contributed by atoms with Crippen molar-refractivity contribution in [2.75, 3.05) is 0 Å². The minimum absolute atomic E-state index is 0.0648. The third-order valence-corrected chi connectivity index (χ3v) is 2.91. The second kappa shape index (κ2) is 13.8. The summed E-state index contributed by atoms with van der Waals surface area (Å²) in [6, 6.07) is 2.18. The number of carbonyl (C=O) groups is 2. The van der Waals surface area contributed by atoms with E-state index in [0.717, 1.165) is 37.8 Å². The third kappa shape index (κ3) is 12.4. The number of carboxylic acids is 2. The van der Waals surface area contributed by atoms with Crippen molar-refractivity contribution in [3.8, 4) is 0 Å². The largest absolute Gasteiger partial charge is 0.475 e. The van der Waals surface area contributed by atoms with Gasteiger partial charge in [0, 0.05) is 0 Å². The summed E-state index contributed by atoms with van der Waals surface area (Å²) in [4.78, 5) is 20.3. The maximum Gasteiger partial charge on any atom is 0.371 e. The van der Waals surface area contributed by atoms with Crippen LogP contribution >= 0.6 is 0 Å². The van der Waals surface area contributed by atoms with Gasteiger partial charge in [-0.2, -0.15) is 0 Å². The topological polar surface area (TPSA) is 128 Å². The molecule has 0 aliphatic rings. The number of furan rings is 1. The minimum atomic E-state index is -1.28. The van der Waals surface area contributed by atoms with Gasteiger partial charge in [0.2, 0.25) is 11.5 Å². The van der Waals surface area contributed by atoms with E-state index >= 15 is 0 Å². The van der Waals surface area contributed by atoms with Crippen LogP contribution < -0.4 is 0 Å². The van der Waals surface area contributed by atoms with Gasteiger partial charge in [-0.1, -0.05) is 27.7 Å². The van der Waals surface area contributed by atoms with Gasteiger partial charge in [0.15, 0.2) is 0 Å². The van der Waals surface area contributed by atoms with Gasteiger partial charge in [-0.25, -0.2) is 9.59 Å². The van der Waals surface area contributed by atoms with Crippen molar-refractivity contribution in [3.05, 3.63) is 23.7 Å². The molecule has 0 aliphatic carbocycles. The Morgan fingerprint density at radius 3 is 1.17 bits per heavy atom. The Bertz CT molecular complexity index is 393. The van der Waals surface area contributed by atoms with E-state index in [1.54, 1.807) is 0 Å². The van der Waals surface area contributed by atoms with Gasteiger partial charge in [0.05, 0.1) is 12.2 Å². The highest BCUT2D eigenvalue weighted by molar-refractivity contribution is 5.88. The Balaban J connectivity index is 0. The molecule has 4 N–H and O–H groups in total. The second-order valence-electron chi connectivity index (χ2n) is 4.71. The van der Waals surface area contributed by atoms with E-state index in [0.29, 0.717) is 0 Å². The van der Waals surface area contributed by atoms with Gasteiger partial charge >= 0.3 is 11.9 Å². The van der Waals surface area contributed by atoms with Crippen molar-refractivity contribution in [1.29, 1.82) is 0 Å². The first kappa shape index (κ1) is 23.4. The number of carboxylic acid groups (broad SMARTS) is 2. The van der Waals surface area contributed by atoms with Crippen LogP contribution in [0.15, 0.2) is 16.5 Å². The van der Waals surface area contributed by atoms with Crippen LogP contribution in [0.2, 0.25) is 0 Å². The smallest absolute Gasteiger partial charge is 0.371 e. The molecule has 7 heteroatoms. The van der Waals surface area contributed by atoms with Crippen molar-refractivity contribution in [2.45, 2.75) is 65.6 Å². The number of aromatic carboxylic acids is 2. The van der Waals surface area contributed by atoms with Gasteiger partial charge in [0.1, 0.15) is 0 Å². The zero-order valence-electron chi connectivity index (χ0n) is 14.2. The molecule has 0 radical (unpaired) electrons. The quantitative estimate of drug-likeness (QED) is 0.630. The lowest BCUT2D eigenvalue weighted by Gasteiger charge is -1.98. The lowest BCUT2D eigenvalue weighted by Crippen LogP contribution is -1.99. The molecule has 0 saturated heterocycles. The molecule has 1 rings (SSSR count). The summed E-state index contributed by atoms with van der Waals surface area (Å²) in [6.07, 6.45) is 3.41. The highest BCUT2D eigenvalue weighted by Crippen LogP contribution is 2.06. The van der Waals surface area contributed by atoms with Crippen LogP contribution in [0.1, 0.15) is 74.5 Å². The Morgan fingerprint density at radius 2 is 1.09 bits per heavy atom. The van der Waals surface area contributed by atoms with E-state index in [2.05, 4.69) is 4.42 Å². The van der Waals surface area contributed by atoms with Crippen molar-refractivity contribution in [3.63, 3.8) is 0 Å². The van der Waals surface area contributed by atoms with Crippen LogP contribution in [-0.2, 0) is 0 Å². The molecular formula is C16H28O7. The molecule has 1 aromatic rings. The maximum atomic E-state index is 10.2. The summed E-state index contributed by atoms with van der Waals surface area (Å²) < 4.78 is 4.41. The summed E-state index contributed by atoms with van der Waals surface area (Å²) in [6.45, 7) is 7.92. The van der Waals surface area contributed by atoms with E-state index in [1.165, 1.54) is 0 Å². The molecule has 1 aromatic heterocycles. The monoisotopic (exact) mass is 332 g/mol. The molecule has 0 amide bonds. The lowest BCUT2D eigenvalue weighted by atomic mass is 10.2. The number of aliphatic hydroxyl groups excluding tert-OH is 2. The standard InChI is InChI=1S/C6H4O5.2C5H12O/c7-5(8)3-1-2-4(11-3)6(9)10;2*1-3-5(6)4-2/h1-2H,(H,7,8)(H,9,10);2*5-6H,3-4H2,1-2H3. The van der Waals surface area contributed by atoms with Gasteiger partial charge in [-0.15, -0.1) is 0 Å². The SMILES string of the molecule is CCC(O)CC.CCC(O)CC.O=C(O)c1ccc(C(=O)O)o1. The van der Waals surface area contributed by atoms with Crippen molar-refractivity contribution in [1.82, 2.24) is 0 Å². The van der Waals surface area contributed by atoms with Gasteiger partial charge in [0.25, 0.3) is 0 Å². The summed E-state index contributed by atoms with van der Waals surface area (Å²) in [7, 11) is 0. The van der Waals surface area contributed by atoms with E-state index in [4.69, 9.17) is 20.4 Å². The number of aliphatic hydroxyl groups is 2. The summed E-state index contributed by atoms with van der Waals surface area (Å²) in [5.74, 6) is -3.31. The Morgan fingerprint density at radius 1 is 0.826 bits per heavy atom. The minimum Gasteiger partial charge on any atom is -0.475 e. The van der Waals surface area contributed by atoms with Crippen molar-refractivity contribution >= 4 is 11.9 Å². The highest BCUT2D eigenvalue weighted by atomic mass is 16.4. The molecule has 0 bridgehead atoms. The predicted octanol–water partition coefficient (Wildman–Crippen LogP) is 3.01. The van der Waals surface area contributed by atoms with Crippen LogP contribution in [-0.4, -0.2) is 44.6 Å². The molecule has 7 nitrogen and oxygen atoms in total. The number of hydrogen-bond acceptors (Lipinski definition) is 5. The molecule has 0 spiro atoms. The first-order valence-corrected chi connectivity index (χ1v) is 7.65. The van der Waals surface area contributed by atoms with Crippen LogP contribution in [0, 0.1) is 0 Å². The van der Waals surface area contributed by atoms with E-state index in [9.17, 15) is 9.59 Å². The molecule has 23 heavy (non-hydrogen) atoms.